The number of anilines is 1. The lowest BCUT2D eigenvalue weighted by Crippen LogP contribution is -2.46. The van der Waals surface area contributed by atoms with Gasteiger partial charge >= 0.3 is 6.03 Å². The fourth-order valence-electron chi connectivity index (χ4n) is 5.75. The number of nitrogens with one attached hydrogen (secondary N) is 2. The van der Waals surface area contributed by atoms with Crippen LogP contribution < -0.4 is 10.6 Å². The number of urea groups is 1. The highest BCUT2D eigenvalue weighted by Gasteiger charge is 2.22. The van der Waals surface area contributed by atoms with Crippen LogP contribution in [0.15, 0.2) is 115 Å². The van der Waals surface area contributed by atoms with Crippen molar-refractivity contribution in [1.29, 1.82) is 0 Å². The Morgan fingerprint density at radius 1 is 0.800 bits per heavy atom. The van der Waals surface area contributed by atoms with E-state index in [2.05, 4.69) is 100 Å². The molecule has 0 atom stereocenters. The molecule has 206 valence electrons. The van der Waals surface area contributed by atoms with Crippen molar-refractivity contribution in [3.63, 3.8) is 0 Å². The maximum atomic E-state index is 12.8. The second-order valence-electron chi connectivity index (χ2n) is 10.7. The number of benzene rings is 4. The van der Waals surface area contributed by atoms with Crippen LogP contribution in [0.4, 0.5) is 10.5 Å². The molecule has 0 unspecified atom stereocenters. The van der Waals surface area contributed by atoms with Crippen molar-refractivity contribution in [3.05, 3.63) is 126 Å². The van der Waals surface area contributed by atoms with Crippen LogP contribution in [0, 0.1) is 0 Å². The van der Waals surface area contributed by atoms with Gasteiger partial charge in [0.2, 0.25) is 0 Å². The molecule has 0 aliphatic carbocycles. The summed E-state index contributed by atoms with van der Waals surface area (Å²) in [5.41, 5.74) is 5.61. The first-order valence-corrected chi connectivity index (χ1v) is 14.4. The van der Waals surface area contributed by atoms with E-state index in [1.807, 2.05) is 42.5 Å². The quantitative estimate of drug-likeness (QED) is 0.230. The summed E-state index contributed by atoms with van der Waals surface area (Å²) in [4.78, 5) is 17.9. The van der Waals surface area contributed by atoms with Crippen LogP contribution in [-0.4, -0.2) is 55.1 Å². The summed E-state index contributed by atoms with van der Waals surface area (Å²) in [6, 6.07) is 40.0. The molecule has 1 aliphatic rings. The predicted molar refractivity (Wildman–Crippen MR) is 165 cm³/mol. The Kier molecular flexibility index (Phi) is 9.62. The van der Waals surface area contributed by atoms with Gasteiger partial charge in [-0.2, -0.15) is 0 Å². The molecule has 0 bridgehead atoms. The van der Waals surface area contributed by atoms with Gasteiger partial charge in [-0.1, -0.05) is 109 Å². The Balaban J connectivity index is 1.07. The van der Waals surface area contributed by atoms with Crippen LogP contribution in [0.5, 0.6) is 0 Å². The molecular formula is C35H40N4O. The van der Waals surface area contributed by atoms with E-state index in [-0.39, 0.29) is 18.1 Å². The number of piperidine rings is 1. The van der Waals surface area contributed by atoms with Crippen molar-refractivity contribution in [2.45, 2.75) is 31.3 Å². The van der Waals surface area contributed by atoms with Gasteiger partial charge in [0.25, 0.3) is 0 Å². The Labute approximate surface area is 238 Å². The number of amides is 2. The van der Waals surface area contributed by atoms with Crippen molar-refractivity contribution in [3.8, 4) is 11.1 Å². The van der Waals surface area contributed by atoms with E-state index >= 15 is 0 Å². The highest BCUT2D eigenvalue weighted by atomic mass is 16.2. The molecule has 0 spiro atoms. The van der Waals surface area contributed by atoms with Crippen LogP contribution in [0.25, 0.3) is 11.1 Å². The van der Waals surface area contributed by atoms with Crippen molar-refractivity contribution < 1.29 is 4.79 Å². The van der Waals surface area contributed by atoms with E-state index in [1.165, 1.54) is 11.1 Å². The zero-order valence-corrected chi connectivity index (χ0v) is 23.4. The summed E-state index contributed by atoms with van der Waals surface area (Å²) in [6.07, 6.45) is 3.06. The van der Waals surface area contributed by atoms with Crippen LogP contribution >= 0.6 is 0 Å². The molecule has 1 fully saturated rings. The lowest BCUT2D eigenvalue weighted by molar-refractivity contribution is 0.182. The minimum Gasteiger partial charge on any atom is -0.335 e. The van der Waals surface area contributed by atoms with E-state index < -0.39 is 0 Å². The molecule has 0 radical (unpaired) electrons. The van der Waals surface area contributed by atoms with Gasteiger partial charge in [0, 0.05) is 24.7 Å². The summed E-state index contributed by atoms with van der Waals surface area (Å²) >= 11 is 0. The molecular weight excluding hydrogens is 492 g/mol. The first kappa shape index (κ1) is 27.6. The monoisotopic (exact) mass is 532 g/mol. The van der Waals surface area contributed by atoms with Gasteiger partial charge in [-0.05, 0) is 62.2 Å². The van der Waals surface area contributed by atoms with Crippen molar-refractivity contribution in [1.82, 2.24) is 15.1 Å². The number of para-hydroxylation sites is 1. The van der Waals surface area contributed by atoms with Crippen LogP contribution in [-0.2, 0) is 0 Å². The van der Waals surface area contributed by atoms with Crippen molar-refractivity contribution >= 4 is 11.7 Å². The number of hydrogen-bond donors (Lipinski definition) is 2. The highest BCUT2D eigenvalue weighted by Crippen LogP contribution is 2.29. The highest BCUT2D eigenvalue weighted by molar-refractivity contribution is 5.94. The molecule has 2 amide bonds. The number of likely N-dealkylation sites (tertiary alicyclic amines) is 1. The number of hydrogen-bond acceptors (Lipinski definition) is 3. The second-order valence-corrected chi connectivity index (χ2v) is 10.7. The number of carbonyl (C=O) groups excluding carboxylic acids is 1. The lowest BCUT2D eigenvalue weighted by Gasteiger charge is -2.33. The fourth-order valence-corrected chi connectivity index (χ4v) is 5.75. The topological polar surface area (TPSA) is 47.6 Å². The third-order valence-electron chi connectivity index (χ3n) is 7.84. The molecule has 1 aliphatic heterocycles. The van der Waals surface area contributed by atoms with E-state index in [0.717, 1.165) is 62.3 Å². The first-order valence-electron chi connectivity index (χ1n) is 14.4. The van der Waals surface area contributed by atoms with E-state index in [0.29, 0.717) is 0 Å². The van der Waals surface area contributed by atoms with Gasteiger partial charge in [0.1, 0.15) is 0 Å². The van der Waals surface area contributed by atoms with Crippen LogP contribution in [0.2, 0.25) is 0 Å². The van der Waals surface area contributed by atoms with Gasteiger partial charge in [0.05, 0.1) is 11.7 Å². The van der Waals surface area contributed by atoms with Gasteiger partial charge in [-0.15, -0.1) is 0 Å². The molecule has 0 saturated carbocycles. The average molecular weight is 533 g/mol. The molecule has 5 heteroatoms. The van der Waals surface area contributed by atoms with Gasteiger partial charge in [0.15, 0.2) is 0 Å². The molecule has 4 aromatic rings. The summed E-state index contributed by atoms with van der Waals surface area (Å²) in [5.74, 6) is 0. The molecule has 4 aromatic carbocycles. The third-order valence-corrected chi connectivity index (χ3v) is 7.84. The summed E-state index contributed by atoms with van der Waals surface area (Å²) in [7, 11) is 2.23. The Morgan fingerprint density at radius 3 is 1.98 bits per heavy atom. The van der Waals surface area contributed by atoms with E-state index in [9.17, 15) is 4.79 Å². The molecule has 1 saturated heterocycles. The lowest BCUT2D eigenvalue weighted by atomic mass is 9.97. The zero-order chi connectivity index (χ0) is 27.6. The minimum atomic E-state index is -0.128. The third kappa shape index (κ3) is 7.38. The number of carbonyl (C=O) groups is 1. The molecule has 0 aromatic heterocycles. The largest absolute Gasteiger partial charge is 0.335 e. The fraction of sp³-hybridized carbons (Fsp3) is 0.286. The summed E-state index contributed by atoms with van der Waals surface area (Å²) in [5, 5.41) is 6.29. The predicted octanol–water partition coefficient (Wildman–Crippen LogP) is 7.05. The molecule has 40 heavy (non-hydrogen) atoms. The number of rotatable bonds is 10. The zero-order valence-electron chi connectivity index (χ0n) is 23.4. The van der Waals surface area contributed by atoms with Crippen LogP contribution in [0.1, 0.15) is 36.4 Å². The van der Waals surface area contributed by atoms with Gasteiger partial charge in [-0.3, -0.25) is 4.90 Å². The molecule has 1 heterocycles. The normalized spacial score (nSPS) is 14.4. The first-order chi connectivity index (χ1) is 19.7. The van der Waals surface area contributed by atoms with Crippen molar-refractivity contribution in [2.24, 2.45) is 0 Å². The van der Waals surface area contributed by atoms with Crippen molar-refractivity contribution in [2.75, 3.05) is 38.5 Å². The molecule has 5 rings (SSSR count). The molecule has 2 N–H and O–H groups in total. The Bertz CT molecular complexity index is 1280. The SMILES string of the molecule is CN(CCCN1CCC(NC(=O)Nc2ccccc2-c2ccccc2)CC1)C(c1ccccc1)c1ccccc1. The smallest absolute Gasteiger partial charge is 0.319 e. The minimum absolute atomic E-state index is 0.128. The Morgan fingerprint density at radius 2 is 1.35 bits per heavy atom. The standard InChI is InChI=1S/C35H40N4O/c1-38(34(29-16-7-3-8-17-29)30-18-9-4-10-19-30)24-13-25-39-26-22-31(23-27-39)36-35(40)37-33-21-12-11-20-32(33)28-14-5-2-6-15-28/h2-12,14-21,31,34H,13,22-27H2,1H3,(H2,36,37,40). The number of nitrogens with zero attached hydrogens (tertiary/aromatic N) is 2. The van der Waals surface area contributed by atoms with Gasteiger partial charge in [-0.25, -0.2) is 4.79 Å². The van der Waals surface area contributed by atoms with Gasteiger partial charge < -0.3 is 15.5 Å². The van der Waals surface area contributed by atoms with E-state index in [4.69, 9.17) is 0 Å². The Hall–Kier alpha value is -3.93. The maximum absolute atomic E-state index is 12.8. The van der Waals surface area contributed by atoms with E-state index in [1.54, 1.807) is 0 Å². The molecule has 5 nitrogen and oxygen atoms in total. The second kappa shape index (κ2) is 13.9. The summed E-state index contributed by atoms with van der Waals surface area (Å²) in [6.45, 7) is 4.12. The maximum Gasteiger partial charge on any atom is 0.319 e. The van der Waals surface area contributed by atoms with Crippen LogP contribution in [0.3, 0.4) is 0 Å². The average Bonchev–Trinajstić information content (AvgIpc) is 3.00. The summed E-state index contributed by atoms with van der Waals surface area (Å²) < 4.78 is 0.